The van der Waals surface area contributed by atoms with Gasteiger partial charge in [-0.1, -0.05) is 11.3 Å². The lowest BCUT2D eigenvalue weighted by Gasteiger charge is -2.01. The molecule has 2 rings (SSSR count). The third-order valence-corrected chi connectivity index (χ3v) is 4.73. The lowest BCUT2D eigenvalue weighted by atomic mass is 10.3. The van der Waals surface area contributed by atoms with Crippen LogP contribution in [0.2, 0.25) is 0 Å². The van der Waals surface area contributed by atoms with Crippen molar-refractivity contribution in [3.8, 4) is 0 Å². The first-order chi connectivity index (χ1) is 9.19. The van der Waals surface area contributed by atoms with Crippen molar-refractivity contribution < 1.29 is 4.79 Å². The summed E-state index contributed by atoms with van der Waals surface area (Å²) in [6.07, 6.45) is 6.32. The minimum absolute atomic E-state index is 0.0125. The summed E-state index contributed by atoms with van der Waals surface area (Å²) in [4.78, 5) is 19.9. The standard InChI is InChI=1S/C11H15N5OS2/c1-8-10(18-2)19-11(14-8)15-9(17)4-3-5-16-7-12-6-13-16/h6-7H,3-5H2,1-2H3,(H,14,15,17). The van der Waals surface area contributed by atoms with Crippen LogP contribution in [0.3, 0.4) is 0 Å². The highest BCUT2D eigenvalue weighted by molar-refractivity contribution is 8.00. The molecule has 0 saturated carbocycles. The van der Waals surface area contributed by atoms with Crippen LogP contribution in [0.25, 0.3) is 0 Å². The topological polar surface area (TPSA) is 72.7 Å². The summed E-state index contributed by atoms with van der Waals surface area (Å²) in [7, 11) is 0. The van der Waals surface area contributed by atoms with E-state index in [-0.39, 0.29) is 5.91 Å². The van der Waals surface area contributed by atoms with Gasteiger partial charge in [-0.05, 0) is 19.6 Å². The second-order valence-corrected chi connectivity index (χ2v) is 5.98. The molecule has 19 heavy (non-hydrogen) atoms. The Hall–Kier alpha value is -1.41. The largest absolute Gasteiger partial charge is 0.302 e. The van der Waals surface area contributed by atoms with E-state index >= 15 is 0 Å². The van der Waals surface area contributed by atoms with Crippen molar-refractivity contribution >= 4 is 34.1 Å². The number of thiazole rings is 1. The summed E-state index contributed by atoms with van der Waals surface area (Å²) >= 11 is 3.16. The molecule has 0 aliphatic heterocycles. The Morgan fingerprint density at radius 1 is 1.58 bits per heavy atom. The van der Waals surface area contributed by atoms with E-state index in [1.54, 1.807) is 22.8 Å². The van der Waals surface area contributed by atoms with Gasteiger partial charge in [-0.25, -0.2) is 9.97 Å². The highest BCUT2D eigenvalue weighted by atomic mass is 32.2. The van der Waals surface area contributed by atoms with Crippen LogP contribution in [-0.2, 0) is 11.3 Å². The molecule has 0 saturated heterocycles. The summed E-state index contributed by atoms with van der Waals surface area (Å²) in [5.74, 6) is -0.0125. The lowest BCUT2D eigenvalue weighted by Crippen LogP contribution is -2.12. The monoisotopic (exact) mass is 297 g/mol. The minimum atomic E-state index is -0.0125. The Morgan fingerprint density at radius 2 is 2.42 bits per heavy atom. The summed E-state index contributed by atoms with van der Waals surface area (Å²) in [6.45, 7) is 2.64. The molecule has 0 aliphatic rings. The molecule has 1 N–H and O–H groups in total. The Balaban J connectivity index is 1.77. The zero-order valence-electron chi connectivity index (χ0n) is 10.8. The Bertz CT molecular complexity index is 537. The minimum Gasteiger partial charge on any atom is -0.302 e. The summed E-state index contributed by atoms with van der Waals surface area (Å²) in [5.41, 5.74) is 0.968. The van der Waals surface area contributed by atoms with Crippen molar-refractivity contribution in [2.24, 2.45) is 0 Å². The Kier molecular flexibility index (Phi) is 4.92. The summed E-state index contributed by atoms with van der Waals surface area (Å²) < 4.78 is 2.85. The van der Waals surface area contributed by atoms with Crippen LogP contribution in [0.1, 0.15) is 18.5 Å². The average Bonchev–Trinajstić information content (AvgIpc) is 2.99. The number of aromatic nitrogens is 4. The van der Waals surface area contributed by atoms with Gasteiger partial charge in [0.1, 0.15) is 12.7 Å². The van der Waals surface area contributed by atoms with Crippen molar-refractivity contribution in [3.63, 3.8) is 0 Å². The van der Waals surface area contributed by atoms with Crippen LogP contribution in [0.4, 0.5) is 5.13 Å². The fourth-order valence-corrected chi connectivity index (χ4v) is 3.18. The maximum Gasteiger partial charge on any atom is 0.226 e. The molecule has 0 atom stereocenters. The van der Waals surface area contributed by atoms with E-state index in [4.69, 9.17) is 0 Å². The van der Waals surface area contributed by atoms with E-state index in [1.165, 1.54) is 17.7 Å². The highest BCUT2D eigenvalue weighted by Gasteiger charge is 2.09. The van der Waals surface area contributed by atoms with Gasteiger partial charge < -0.3 is 5.32 Å². The van der Waals surface area contributed by atoms with Gasteiger partial charge in [-0.2, -0.15) is 5.10 Å². The van der Waals surface area contributed by atoms with Gasteiger partial charge in [0.05, 0.1) is 9.90 Å². The van der Waals surface area contributed by atoms with Crippen molar-refractivity contribution in [3.05, 3.63) is 18.3 Å². The van der Waals surface area contributed by atoms with Crippen LogP contribution < -0.4 is 5.32 Å². The normalized spacial score (nSPS) is 10.6. The predicted molar refractivity (Wildman–Crippen MR) is 76.5 cm³/mol. The molecule has 0 aliphatic carbocycles. The van der Waals surface area contributed by atoms with Crippen LogP contribution in [-0.4, -0.2) is 31.9 Å². The molecule has 2 heterocycles. The Labute approximate surface area is 119 Å². The average molecular weight is 297 g/mol. The maximum atomic E-state index is 11.8. The van der Waals surface area contributed by atoms with Gasteiger partial charge in [0, 0.05) is 13.0 Å². The molecule has 1 amide bonds. The third-order valence-electron chi connectivity index (χ3n) is 2.44. The number of hydrogen-bond acceptors (Lipinski definition) is 6. The first-order valence-corrected chi connectivity index (χ1v) is 7.87. The van der Waals surface area contributed by atoms with Crippen molar-refractivity contribution in [1.82, 2.24) is 19.7 Å². The fraction of sp³-hybridized carbons (Fsp3) is 0.455. The number of hydrogen-bond donors (Lipinski definition) is 1. The van der Waals surface area contributed by atoms with Gasteiger partial charge in [0.2, 0.25) is 5.91 Å². The van der Waals surface area contributed by atoms with Gasteiger partial charge >= 0.3 is 0 Å². The summed E-state index contributed by atoms with van der Waals surface area (Å²) in [5, 5.41) is 7.49. The lowest BCUT2D eigenvalue weighted by molar-refractivity contribution is -0.116. The van der Waals surface area contributed by atoms with E-state index in [0.717, 1.165) is 16.3 Å². The third kappa shape index (κ3) is 4.03. The van der Waals surface area contributed by atoms with Gasteiger partial charge in [0.15, 0.2) is 5.13 Å². The zero-order valence-corrected chi connectivity index (χ0v) is 12.4. The number of carbonyl (C=O) groups excluding carboxylic acids is 1. The maximum absolute atomic E-state index is 11.8. The number of nitrogens with one attached hydrogen (secondary N) is 1. The number of thioether (sulfide) groups is 1. The van der Waals surface area contributed by atoms with Crippen LogP contribution in [0.5, 0.6) is 0 Å². The molecule has 102 valence electrons. The number of carbonyl (C=O) groups is 1. The molecule has 0 unspecified atom stereocenters. The van der Waals surface area contributed by atoms with Crippen molar-refractivity contribution in [2.75, 3.05) is 11.6 Å². The van der Waals surface area contributed by atoms with Crippen molar-refractivity contribution in [1.29, 1.82) is 0 Å². The Morgan fingerprint density at radius 3 is 3.05 bits per heavy atom. The van der Waals surface area contributed by atoms with E-state index in [1.807, 2.05) is 13.2 Å². The molecule has 0 bridgehead atoms. The van der Waals surface area contributed by atoms with Gasteiger partial charge in [-0.3, -0.25) is 9.48 Å². The van der Waals surface area contributed by atoms with E-state index in [9.17, 15) is 4.79 Å². The molecule has 0 fully saturated rings. The highest BCUT2D eigenvalue weighted by Crippen LogP contribution is 2.30. The van der Waals surface area contributed by atoms with Crippen molar-refractivity contribution in [2.45, 2.75) is 30.5 Å². The smallest absolute Gasteiger partial charge is 0.226 e. The molecule has 2 aromatic heterocycles. The van der Waals surface area contributed by atoms with Crippen LogP contribution in [0, 0.1) is 6.92 Å². The summed E-state index contributed by atoms with van der Waals surface area (Å²) in [6, 6.07) is 0. The molecule has 2 aromatic rings. The van der Waals surface area contributed by atoms with E-state index in [0.29, 0.717) is 18.1 Å². The molecule has 0 spiro atoms. The first-order valence-electron chi connectivity index (χ1n) is 5.82. The van der Waals surface area contributed by atoms with E-state index in [2.05, 4.69) is 20.4 Å². The molecular formula is C11H15N5OS2. The molecule has 0 radical (unpaired) electrons. The zero-order chi connectivity index (χ0) is 13.7. The second kappa shape index (κ2) is 6.67. The number of nitrogens with zero attached hydrogens (tertiary/aromatic N) is 4. The van der Waals surface area contributed by atoms with Gasteiger partial charge in [-0.15, -0.1) is 11.8 Å². The molecule has 0 aromatic carbocycles. The van der Waals surface area contributed by atoms with E-state index < -0.39 is 0 Å². The van der Waals surface area contributed by atoms with Crippen LogP contribution in [0.15, 0.2) is 16.9 Å². The molecule has 6 nitrogen and oxygen atoms in total. The first kappa shape index (κ1) is 14.0. The quantitative estimate of drug-likeness (QED) is 0.827. The van der Waals surface area contributed by atoms with Gasteiger partial charge in [0.25, 0.3) is 0 Å². The SMILES string of the molecule is CSc1sc(NC(=O)CCCn2cncn2)nc1C. The number of rotatable bonds is 6. The predicted octanol–water partition coefficient (Wildman–Crippen LogP) is 2.18. The number of anilines is 1. The fourth-order valence-electron chi connectivity index (χ4n) is 1.56. The van der Waals surface area contributed by atoms with Crippen LogP contribution >= 0.6 is 23.1 Å². The number of amides is 1. The molecular weight excluding hydrogens is 282 g/mol. The second-order valence-electron chi connectivity index (χ2n) is 3.91. The number of aryl methyl sites for hydroxylation is 2. The molecule has 8 heteroatoms.